The molecule has 1 aliphatic rings. The second kappa shape index (κ2) is 8.12. The quantitative estimate of drug-likeness (QED) is 0.277. The smallest absolute Gasteiger partial charge is 0.537 e. The van der Waals surface area contributed by atoms with Crippen LogP contribution in [-0.4, -0.2) is 17.3 Å². The van der Waals surface area contributed by atoms with Crippen LogP contribution in [0.1, 0.15) is 33.4 Å². The largest absolute Gasteiger partial charge is 0.569 e. The third kappa shape index (κ3) is 3.00. The van der Waals surface area contributed by atoms with Crippen LogP contribution in [0.2, 0.25) is 0 Å². The van der Waals surface area contributed by atoms with E-state index in [1.165, 1.54) is 44.6 Å². The van der Waals surface area contributed by atoms with Gasteiger partial charge in [-0.25, -0.2) is 0 Å². The van der Waals surface area contributed by atoms with Gasteiger partial charge in [0.05, 0.1) is 22.1 Å². The van der Waals surface area contributed by atoms with Crippen molar-refractivity contribution in [3.8, 4) is 11.4 Å². The molecule has 0 saturated heterocycles. The SMILES string of the molecule is Cc1ccc(C2(c3ccc(C)cc3)c3ccccc3-n3c4ccc(O[B]O)cc4c4cccc2c43)cc1. The van der Waals surface area contributed by atoms with Crippen molar-refractivity contribution in [2.24, 2.45) is 0 Å². The lowest BCUT2D eigenvalue weighted by atomic mass is 9.63. The maximum atomic E-state index is 9.25. The van der Waals surface area contributed by atoms with Crippen molar-refractivity contribution >= 4 is 29.5 Å². The maximum absolute atomic E-state index is 9.25. The van der Waals surface area contributed by atoms with Crippen molar-refractivity contribution in [3.63, 3.8) is 0 Å². The fourth-order valence-electron chi connectivity index (χ4n) is 6.26. The summed E-state index contributed by atoms with van der Waals surface area (Å²) in [5.74, 6) is 0.607. The van der Waals surface area contributed by atoms with Crippen LogP contribution >= 0.6 is 0 Å². The summed E-state index contributed by atoms with van der Waals surface area (Å²) in [5, 5.41) is 11.5. The standard InChI is InChI=1S/C33H25BNO2/c1-21-10-14-23(15-11-21)33(24-16-12-22(2)13-17-24)28-7-3-4-9-31(28)35-30-19-18-25(37-34-36)20-27(30)26-6-5-8-29(33)32(26)35/h3-20,36H,1-2H3. The van der Waals surface area contributed by atoms with Crippen LogP contribution in [-0.2, 0) is 5.41 Å². The summed E-state index contributed by atoms with van der Waals surface area (Å²) in [6.45, 7) is 4.28. The van der Waals surface area contributed by atoms with Gasteiger partial charge in [0.25, 0.3) is 0 Å². The van der Waals surface area contributed by atoms with Crippen molar-refractivity contribution in [2.75, 3.05) is 0 Å². The molecule has 0 saturated carbocycles. The minimum atomic E-state index is -0.486. The molecule has 0 unspecified atom stereocenters. The molecule has 2 heterocycles. The number of para-hydroxylation sites is 2. The van der Waals surface area contributed by atoms with Crippen molar-refractivity contribution in [2.45, 2.75) is 19.3 Å². The van der Waals surface area contributed by atoms with Gasteiger partial charge in [0.15, 0.2) is 0 Å². The molecule has 7 rings (SSSR count). The number of benzene rings is 5. The minimum absolute atomic E-state index is 0.486. The number of fused-ring (bicyclic) bond motifs is 5. The molecule has 0 fully saturated rings. The van der Waals surface area contributed by atoms with E-state index in [4.69, 9.17) is 4.65 Å². The van der Waals surface area contributed by atoms with E-state index in [9.17, 15) is 5.02 Å². The first-order valence-corrected chi connectivity index (χ1v) is 12.6. The summed E-state index contributed by atoms with van der Waals surface area (Å²) in [7, 11) is 0.735. The third-order valence-electron chi connectivity index (χ3n) is 7.87. The van der Waals surface area contributed by atoms with Crippen molar-refractivity contribution < 1.29 is 9.68 Å². The molecule has 37 heavy (non-hydrogen) atoms. The number of nitrogens with zero attached hydrogens (tertiary/aromatic N) is 1. The number of rotatable bonds is 4. The zero-order valence-corrected chi connectivity index (χ0v) is 20.8. The van der Waals surface area contributed by atoms with E-state index in [0.717, 1.165) is 24.0 Å². The maximum Gasteiger partial charge on any atom is 0.569 e. The summed E-state index contributed by atoms with van der Waals surface area (Å²) < 4.78 is 7.74. The van der Waals surface area contributed by atoms with E-state index in [2.05, 4.69) is 115 Å². The van der Waals surface area contributed by atoms with E-state index in [1.807, 2.05) is 12.1 Å². The molecule has 0 bridgehead atoms. The molecule has 177 valence electrons. The van der Waals surface area contributed by atoms with Crippen LogP contribution < -0.4 is 4.65 Å². The molecule has 0 amide bonds. The molecule has 0 spiro atoms. The summed E-state index contributed by atoms with van der Waals surface area (Å²) in [6, 6.07) is 39.4. The molecular weight excluding hydrogens is 453 g/mol. The Labute approximate surface area is 216 Å². The van der Waals surface area contributed by atoms with Crippen LogP contribution in [0.15, 0.2) is 109 Å². The first-order chi connectivity index (χ1) is 18.1. The van der Waals surface area contributed by atoms with Gasteiger partial charge in [0.2, 0.25) is 0 Å². The molecule has 6 aromatic rings. The normalized spacial score (nSPS) is 13.5. The summed E-state index contributed by atoms with van der Waals surface area (Å²) >= 11 is 0. The highest BCUT2D eigenvalue weighted by Gasteiger charge is 2.45. The highest BCUT2D eigenvalue weighted by molar-refractivity contribution is 6.18. The first-order valence-electron chi connectivity index (χ1n) is 12.6. The van der Waals surface area contributed by atoms with E-state index < -0.39 is 5.41 Å². The second-order valence-electron chi connectivity index (χ2n) is 9.94. The summed E-state index contributed by atoms with van der Waals surface area (Å²) in [4.78, 5) is 0. The predicted octanol–water partition coefficient (Wildman–Crippen LogP) is 7.00. The third-order valence-corrected chi connectivity index (χ3v) is 7.87. The fourth-order valence-corrected chi connectivity index (χ4v) is 6.26. The van der Waals surface area contributed by atoms with Crippen LogP contribution in [0.25, 0.3) is 27.5 Å². The highest BCUT2D eigenvalue weighted by atomic mass is 16.5. The van der Waals surface area contributed by atoms with Crippen molar-refractivity contribution in [1.29, 1.82) is 0 Å². The van der Waals surface area contributed by atoms with Gasteiger partial charge >= 0.3 is 7.69 Å². The average molecular weight is 478 g/mol. The van der Waals surface area contributed by atoms with Crippen LogP contribution in [0.3, 0.4) is 0 Å². The Balaban J connectivity index is 1.70. The summed E-state index contributed by atoms with van der Waals surface area (Å²) in [5.41, 5.74) is 10.5. The first kappa shape index (κ1) is 22.0. The monoisotopic (exact) mass is 478 g/mol. The van der Waals surface area contributed by atoms with Gasteiger partial charge < -0.3 is 14.2 Å². The predicted molar refractivity (Wildman–Crippen MR) is 151 cm³/mol. The lowest BCUT2D eigenvalue weighted by Crippen LogP contribution is -2.35. The topological polar surface area (TPSA) is 34.4 Å². The van der Waals surface area contributed by atoms with Crippen molar-refractivity contribution in [3.05, 3.63) is 143 Å². The second-order valence-corrected chi connectivity index (χ2v) is 9.94. The molecule has 4 heteroatoms. The van der Waals surface area contributed by atoms with E-state index >= 15 is 0 Å². The fraction of sp³-hybridized carbons (Fsp3) is 0.0909. The number of hydrogen-bond acceptors (Lipinski definition) is 2. The van der Waals surface area contributed by atoms with Gasteiger partial charge in [0, 0.05) is 10.8 Å². The van der Waals surface area contributed by atoms with E-state index in [0.29, 0.717) is 5.75 Å². The minimum Gasteiger partial charge on any atom is -0.537 e. The Morgan fingerprint density at radius 2 is 1.32 bits per heavy atom. The zero-order chi connectivity index (χ0) is 25.1. The molecule has 0 aliphatic carbocycles. The Morgan fingerprint density at radius 3 is 2.00 bits per heavy atom. The zero-order valence-electron chi connectivity index (χ0n) is 20.8. The van der Waals surface area contributed by atoms with Crippen molar-refractivity contribution in [1.82, 2.24) is 4.57 Å². The summed E-state index contributed by atoms with van der Waals surface area (Å²) in [6.07, 6.45) is 0. The number of aryl methyl sites for hydroxylation is 2. The molecule has 1 radical (unpaired) electrons. The lowest BCUT2D eigenvalue weighted by molar-refractivity contribution is 0.454. The van der Waals surface area contributed by atoms with Crippen LogP contribution in [0.4, 0.5) is 0 Å². The van der Waals surface area contributed by atoms with Crippen LogP contribution in [0, 0.1) is 13.8 Å². The molecule has 5 aromatic carbocycles. The molecule has 1 aliphatic heterocycles. The lowest BCUT2D eigenvalue weighted by Gasteiger charge is -2.41. The Kier molecular flexibility index (Phi) is 4.82. The van der Waals surface area contributed by atoms with Gasteiger partial charge in [-0.2, -0.15) is 0 Å². The Morgan fingerprint density at radius 1 is 0.676 bits per heavy atom. The van der Waals surface area contributed by atoms with E-state index in [1.54, 1.807) is 0 Å². The Bertz CT molecular complexity index is 1750. The van der Waals surface area contributed by atoms with Crippen LogP contribution in [0.5, 0.6) is 5.75 Å². The molecule has 1 N–H and O–H groups in total. The number of hydrogen-bond donors (Lipinski definition) is 1. The molecular formula is C33H25BNO2. The van der Waals surface area contributed by atoms with Gasteiger partial charge in [-0.1, -0.05) is 96.1 Å². The average Bonchev–Trinajstić information content (AvgIpc) is 3.26. The molecule has 3 nitrogen and oxygen atoms in total. The van der Waals surface area contributed by atoms with Gasteiger partial charge in [-0.3, -0.25) is 0 Å². The number of aromatic nitrogens is 1. The molecule has 1 aromatic heterocycles. The van der Waals surface area contributed by atoms with Gasteiger partial charge in [0.1, 0.15) is 5.75 Å². The van der Waals surface area contributed by atoms with Gasteiger partial charge in [-0.05, 0) is 60.4 Å². The van der Waals surface area contributed by atoms with E-state index in [-0.39, 0.29) is 0 Å². The highest BCUT2D eigenvalue weighted by Crippen LogP contribution is 2.54. The molecule has 0 atom stereocenters. The van der Waals surface area contributed by atoms with Gasteiger partial charge in [-0.15, -0.1) is 0 Å². The Hall–Kier alpha value is -4.28.